The molecule has 0 aromatic heterocycles. The van der Waals surface area contributed by atoms with Gasteiger partial charge >= 0.3 is 11.9 Å². The highest BCUT2D eigenvalue weighted by molar-refractivity contribution is 5.70. The highest BCUT2D eigenvalue weighted by Gasteiger charge is 2.43. The summed E-state index contributed by atoms with van der Waals surface area (Å²) >= 11 is 0. The van der Waals surface area contributed by atoms with Crippen LogP contribution in [-0.2, 0) is 19.1 Å². The second-order valence-electron chi connectivity index (χ2n) is 15.2. The number of hydrogen-bond donors (Lipinski definition) is 2. The maximum atomic E-state index is 13.7. The summed E-state index contributed by atoms with van der Waals surface area (Å²) in [5, 5.41) is 21.8. The Morgan fingerprint density at radius 3 is 2.00 bits per heavy atom. The first-order valence-electron chi connectivity index (χ1n) is 20.6. The van der Waals surface area contributed by atoms with Crippen molar-refractivity contribution in [2.45, 2.75) is 196 Å². The molecule has 0 heterocycles. The Morgan fingerprint density at radius 1 is 0.776 bits per heavy atom. The molecule has 0 bridgehead atoms. The molecule has 1 fully saturated rings. The number of rotatable bonds is 27. The highest BCUT2D eigenvalue weighted by atomic mass is 16.5. The molecule has 5 unspecified atom stereocenters. The first kappa shape index (κ1) is 45.4. The maximum absolute atomic E-state index is 13.7. The fraction of sp³-hybridized carbons (Fsp3) is 0.860. The molecule has 0 amide bonds. The molecule has 10 atom stereocenters. The van der Waals surface area contributed by atoms with Crippen molar-refractivity contribution in [2.24, 2.45) is 41.4 Å². The Kier molecular flexibility index (Phi) is 24.2. The Balaban J connectivity index is 3.09. The van der Waals surface area contributed by atoms with Crippen molar-refractivity contribution in [3.8, 4) is 0 Å². The van der Waals surface area contributed by atoms with E-state index in [0.29, 0.717) is 56.3 Å². The third-order valence-electron chi connectivity index (χ3n) is 11.4. The normalized spacial score (nSPS) is 23.5. The van der Waals surface area contributed by atoms with E-state index >= 15 is 0 Å². The largest absolute Gasteiger partial charge is 0.463 e. The zero-order valence-electron chi connectivity index (χ0n) is 33.2. The quantitative estimate of drug-likeness (QED) is 0.0506. The van der Waals surface area contributed by atoms with Gasteiger partial charge in [-0.15, -0.1) is 0 Å². The molecule has 0 aromatic carbocycles. The van der Waals surface area contributed by atoms with Crippen LogP contribution in [0.4, 0.5) is 0 Å². The van der Waals surface area contributed by atoms with Gasteiger partial charge in [0.2, 0.25) is 0 Å². The molecule has 1 saturated carbocycles. The molecule has 6 nitrogen and oxygen atoms in total. The number of aliphatic hydroxyl groups is 2. The Bertz CT molecular complexity index is 927. The van der Waals surface area contributed by atoms with Crippen molar-refractivity contribution in [3.05, 3.63) is 24.3 Å². The summed E-state index contributed by atoms with van der Waals surface area (Å²) in [6.07, 6.45) is 21.6. The minimum Gasteiger partial charge on any atom is -0.463 e. The molecule has 6 heteroatoms. The Hall–Kier alpha value is -1.66. The Labute approximate surface area is 302 Å². The number of aliphatic hydroxyl groups excluding tert-OH is 2. The van der Waals surface area contributed by atoms with Gasteiger partial charge in [0, 0.05) is 31.1 Å². The standard InChI is InChI=1S/C43H78O6/c1-10-17-20-24-34(44)27-28-38-39(25-21-18-19-22-26-42(46)48-31(8)9)41(30-40(38)45)49-43(47)29-33(13-4)36(15-6)37(16-7)35(14-5)32(12-3)23-11-2/h18,21,27-28,31-41,44-45H,10-17,19-20,22-26,29-30H2,1-9H3/b21-18-,28-27+/t32?,33?,34-,35?,36?,37?,38+,39+,40+,41-/m0/s1. The van der Waals surface area contributed by atoms with Crippen molar-refractivity contribution in [3.63, 3.8) is 0 Å². The molecule has 1 aliphatic carbocycles. The van der Waals surface area contributed by atoms with E-state index in [-0.39, 0.29) is 41.9 Å². The minimum absolute atomic E-state index is 0.0746. The van der Waals surface area contributed by atoms with E-state index in [1.54, 1.807) is 0 Å². The zero-order valence-corrected chi connectivity index (χ0v) is 33.2. The second-order valence-corrected chi connectivity index (χ2v) is 15.2. The molecule has 1 aliphatic rings. The summed E-state index contributed by atoms with van der Waals surface area (Å²) in [7, 11) is 0. The SMILES string of the molecule is CCCCC[C@H](O)/C=C/[C@@H]1[C@@H](C/C=C\CCCC(=O)OC(C)C)[C@@H](OC(=O)CC(CC)C(CC)C(CC)C(CC)C(CC)CCC)C[C@H]1O. The van der Waals surface area contributed by atoms with E-state index in [0.717, 1.165) is 50.9 Å². The Morgan fingerprint density at radius 2 is 1.43 bits per heavy atom. The number of esters is 2. The van der Waals surface area contributed by atoms with Crippen molar-refractivity contribution in [1.29, 1.82) is 0 Å². The van der Waals surface area contributed by atoms with Crippen LogP contribution in [0.3, 0.4) is 0 Å². The average molecular weight is 691 g/mol. The molecule has 0 aromatic rings. The molecule has 1 rings (SSSR count). The van der Waals surface area contributed by atoms with Crippen LogP contribution in [0.5, 0.6) is 0 Å². The van der Waals surface area contributed by atoms with E-state index in [1.807, 2.05) is 26.0 Å². The summed E-state index contributed by atoms with van der Waals surface area (Å²) in [4.78, 5) is 25.6. The lowest BCUT2D eigenvalue weighted by Gasteiger charge is -2.40. The van der Waals surface area contributed by atoms with Crippen molar-refractivity contribution in [2.75, 3.05) is 0 Å². The summed E-state index contributed by atoms with van der Waals surface area (Å²) < 4.78 is 11.5. The van der Waals surface area contributed by atoms with Gasteiger partial charge in [-0.1, -0.05) is 137 Å². The topological polar surface area (TPSA) is 93.1 Å². The van der Waals surface area contributed by atoms with Crippen LogP contribution in [0.1, 0.15) is 171 Å². The molecule has 49 heavy (non-hydrogen) atoms. The van der Waals surface area contributed by atoms with Crippen LogP contribution in [0.15, 0.2) is 24.3 Å². The van der Waals surface area contributed by atoms with Gasteiger partial charge in [0.15, 0.2) is 0 Å². The highest BCUT2D eigenvalue weighted by Crippen LogP contribution is 2.43. The van der Waals surface area contributed by atoms with E-state index in [1.165, 1.54) is 25.7 Å². The monoisotopic (exact) mass is 691 g/mol. The number of unbranched alkanes of at least 4 members (excludes halogenated alkanes) is 3. The molecule has 0 saturated heterocycles. The van der Waals surface area contributed by atoms with Crippen molar-refractivity contribution < 1.29 is 29.3 Å². The van der Waals surface area contributed by atoms with E-state index in [9.17, 15) is 19.8 Å². The fourth-order valence-electron chi connectivity index (χ4n) is 8.85. The van der Waals surface area contributed by atoms with Gasteiger partial charge in [-0.05, 0) is 69.1 Å². The van der Waals surface area contributed by atoms with Crippen LogP contribution >= 0.6 is 0 Å². The average Bonchev–Trinajstić information content (AvgIpc) is 3.35. The van der Waals surface area contributed by atoms with Gasteiger partial charge in [-0.2, -0.15) is 0 Å². The van der Waals surface area contributed by atoms with Gasteiger partial charge in [-0.25, -0.2) is 0 Å². The molecule has 2 N–H and O–H groups in total. The first-order valence-corrected chi connectivity index (χ1v) is 20.6. The predicted octanol–water partition coefficient (Wildman–Crippen LogP) is 10.8. The maximum Gasteiger partial charge on any atom is 0.306 e. The molecule has 0 radical (unpaired) electrons. The van der Waals surface area contributed by atoms with Gasteiger partial charge in [0.05, 0.1) is 18.3 Å². The van der Waals surface area contributed by atoms with E-state index in [2.05, 4.69) is 60.6 Å². The smallest absolute Gasteiger partial charge is 0.306 e. The summed E-state index contributed by atoms with van der Waals surface area (Å²) in [5.41, 5.74) is 0. The second kappa shape index (κ2) is 26.2. The lowest BCUT2D eigenvalue weighted by atomic mass is 9.65. The third kappa shape index (κ3) is 16.5. The number of allylic oxidation sites excluding steroid dienone is 2. The molecule has 0 aliphatic heterocycles. The van der Waals surface area contributed by atoms with Crippen molar-refractivity contribution in [1.82, 2.24) is 0 Å². The number of carbonyl (C=O) groups is 2. The summed E-state index contributed by atoms with van der Waals surface area (Å²) in [5.74, 6) is 2.17. The van der Waals surface area contributed by atoms with Gasteiger partial charge in [-0.3, -0.25) is 9.59 Å². The summed E-state index contributed by atoms with van der Waals surface area (Å²) in [6, 6.07) is 0. The lowest BCUT2D eigenvalue weighted by Crippen LogP contribution is -2.34. The van der Waals surface area contributed by atoms with E-state index in [4.69, 9.17) is 9.47 Å². The van der Waals surface area contributed by atoms with Gasteiger partial charge < -0.3 is 19.7 Å². The van der Waals surface area contributed by atoms with Gasteiger partial charge in [0.25, 0.3) is 0 Å². The third-order valence-corrected chi connectivity index (χ3v) is 11.4. The summed E-state index contributed by atoms with van der Waals surface area (Å²) in [6.45, 7) is 19.7. The predicted molar refractivity (Wildman–Crippen MR) is 204 cm³/mol. The van der Waals surface area contributed by atoms with Crippen molar-refractivity contribution >= 4 is 11.9 Å². The van der Waals surface area contributed by atoms with Crippen LogP contribution in [0.2, 0.25) is 0 Å². The number of hydrogen-bond acceptors (Lipinski definition) is 6. The first-order chi connectivity index (χ1) is 23.5. The molecular weight excluding hydrogens is 612 g/mol. The zero-order chi connectivity index (χ0) is 36.8. The lowest BCUT2D eigenvalue weighted by molar-refractivity contribution is -0.153. The number of ether oxygens (including phenoxy) is 2. The van der Waals surface area contributed by atoms with Crippen LogP contribution in [0, 0.1) is 41.4 Å². The molecular formula is C43H78O6. The molecule has 286 valence electrons. The van der Waals surface area contributed by atoms with Crippen LogP contribution in [0.25, 0.3) is 0 Å². The van der Waals surface area contributed by atoms with Crippen LogP contribution < -0.4 is 0 Å². The molecule has 0 spiro atoms. The number of carbonyl (C=O) groups excluding carboxylic acids is 2. The van der Waals surface area contributed by atoms with Gasteiger partial charge in [0.1, 0.15) is 6.10 Å². The minimum atomic E-state index is -0.634. The van der Waals surface area contributed by atoms with E-state index < -0.39 is 12.2 Å². The van der Waals surface area contributed by atoms with Crippen LogP contribution in [-0.4, -0.2) is 46.6 Å². The fourth-order valence-corrected chi connectivity index (χ4v) is 8.85.